The first-order valence-corrected chi connectivity index (χ1v) is 6.81. The lowest BCUT2D eigenvalue weighted by Gasteiger charge is -2.19. The Morgan fingerprint density at radius 3 is 3.00 bits per heavy atom. The summed E-state index contributed by atoms with van der Waals surface area (Å²) in [5, 5.41) is 4.18. The van der Waals surface area contributed by atoms with Gasteiger partial charge in [-0.25, -0.2) is 4.98 Å². The lowest BCUT2D eigenvalue weighted by Crippen LogP contribution is -2.28. The molecule has 0 spiro atoms. The molecule has 1 N–H and O–H groups in total. The lowest BCUT2D eigenvalue weighted by molar-refractivity contribution is 0.387. The van der Waals surface area contributed by atoms with Gasteiger partial charge in [-0.05, 0) is 50.4 Å². The molecule has 1 aromatic heterocycles. The van der Waals surface area contributed by atoms with E-state index in [1.165, 1.54) is 6.42 Å². The van der Waals surface area contributed by atoms with E-state index in [4.69, 9.17) is 16.0 Å². The molecule has 1 aliphatic heterocycles. The van der Waals surface area contributed by atoms with Crippen molar-refractivity contribution in [1.82, 2.24) is 10.3 Å². The van der Waals surface area contributed by atoms with Crippen LogP contribution in [0.4, 0.5) is 0 Å². The average molecular weight is 265 g/mol. The minimum Gasteiger partial charge on any atom is -0.440 e. The molecule has 96 valence electrons. The van der Waals surface area contributed by atoms with Crippen LogP contribution in [0.5, 0.6) is 0 Å². The predicted molar refractivity (Wildman–Crippen MR) is 73.3 cm³/mol. The maximum atomic E-state index is 6.26. The molecule has 1 saturated heterocycles. The van der Waals surface area contributed by atoms with Crippen LogP contribution in [0.3, 0.4) is 0 Å². The SMILES string of the molecule is Cc1cc2oc(C3CCCNC3)nc2c(C)c1Cl. The van der Waals surface area contributed by atoms with Crippen LogP contribution in [0, 0.1) is 13.8 Å². The number of aromatic nitrogens is 1. The Kier molecular flexibility index (Phi) is 3.04. The van der Waals surface area contributed by atoms with E-state index < -0.39 is 0 Å². The minimum atomic E-state index is 0.393. The van der Waals surface area contributed by atoms with E-state index in [9.17, 15) is 0 Å². The highest BCUT2D eigenvalue weighted by Crippen LogP contribution is 2.32. The highest BCUT2D eigenvalue weighted by Gasteiger charge is 2.22. The topological polar surface area (TPSA) is 38.1 Å². The standard InChI is InChI=1S/C14H17ClN2O/c1-8-6-11-13(9(2)12(8)15)17-14(18-11)10-4-3-5-16-7-10/h6,10,16H,3-5,7H2,1-2H3. The number of oxazole rings is 1. The van der Waals surface area contributed by atoms with Crippen molar-refractivity contribution in [2.45, 2.75) is 32.6 Å². The predicted octanol–water partition coefficient (Wildman–Crippen LogP) is 3.57. The first kappa shape index (κ1) is 12.0. The summed E-state index contributed by atoms with van der Waals surface area (Å²) in [6.07, 6.45) is 2.33. The van der Waals surface area contributed by atoms with Gasteiger partial charge < -0.3 is 9.73 Å². The van der Waals surface area contributed by atoms with Crippen molar-refractivity contribution in [2.24, 2.45) is 0 Å². The zero-order chi connectivity index (χ0) is 12.7. The summed E-state index contributed by atoms with van der Waals surface area (Å²) in [5.41, 5.74) is 3.83. The van der Waals surface area contributed by atoms with Crippen molar-refractivity contribution in [3.8, 4) is 0 Å². The maximum absolute atomic E-state index is 6.26. The van der Waals surface area contributed by atoms with Gasteiger partial charge in [-0.15, -0.1) is 0 Å². The van der Waals surface area contributed by atoms with Crippen molar-refractivity contribution in [3.63, 3.8) is 0 Å². The number of benzene rings is 1. The maximum Gasteiger partial charge on any atom is 0.199 e. The van der Waals surface area contributed by atoms with E-state index in [2.05, 4.69) is 10.3 Å². The van der Waals surface area contributed by atoms with Crippen LogP contribution >= 0.6 is 11.6 Å². The van der Waals surface area contributed by atoms with Gasteiger partial charge in [0.15, 0.2) is 11.5 Å². The van der Waals surface area contributed by atoms with Crippen LogP contribution in [0.25, 0.3) is 11.1 Å². The van der Waals surface area contributed by atoms with Crippen LogP contribution in [0.15, 0.2) is 10.5 Å². The normalized spacial score (nSPS) is 20.5. The number of hydrogen-bond acceptors (Lipinski definition) is 3. The molecule has 0 saturated carbocycles. The second-order valence-corrected chi connectivity index (χ2v) is 5.45. The van der Waals surface area contributed by atoms with Crippen LogP contribution < -0.4 is 5.32 Å². The van der Waals surface area contributed by atoms with E-state index in [1.807, 2.05) is 19.9 Å². The highest BCUT2D eigenvalue weighted by molar-refractivity contribution is 6.33. The minimum absolute atomic E-state index is 0.393. The molecule has 3 nitrogen and oxygen atoms in total. The second-order valence-electron chi connectivity index (χ2n) is 5.07. The smallest absolute Gasteiger partial charge is 0.199 e. The Labute approximate surface area is 112 Å². The van der Waals surface area contributed by atoms with Crippen LogP contribution in [0.2, 0.25) is 5.02 Å². The zero-order valence-corrected chi connectivity index (χ0v) is 11.5. The molecular weight excluding hydrogens is 248 g/mol. The molecule has 0 radical (unpaired) electrons. The van der Waals surface area contributed by atoms with Crippen LogP contribution in [-0.4, -0.2) is 18.1 Å². The molecule has 1 atom stereocenters. The fourth-order valence-corrected chi connectivity index (χ4v) is 2.76. The van der Waals surface area contributed by atoms with Gasteiger partial charge in [-0.1, -0.05) is 11.6 Å². The quantitative estimate of drug-likeness (QED) is 0.856. The van der Waals surface area contributed by atoms with E-state index in [0.717, 1.165) is 52.7 Å². The summed E-state index contributed by atoms with van der Waals surface area (Å²) in [6, 6.07) is 1.98. The first-order chi connectivity index (χ1) is 8.66. The lowest BCUT2D eigenvalue weighted by atomic mass is 10.00. The number of rotatable bonds is 1. The second kappa shape index (κ2) is 4.56. The number of nitrogens with one attached hydrogen (secondary N) is 1. The van der Waals surface area contributed by atoms with Gasteiger partial charge in [-0.3, -0.25) is 0 Å². The van der Waals surface area contributed by atoms with Crippen molar-refractivity contribution >= 4 is 22.7 Å². The molecule has 4 heteroatoms. The Morgan fingerprint density at radius 2 is 2.28 bits per heavy atom. The molecule has 2 heterocycles. The molecule has 1 fully saturated rings. The summed E-state index contributed by atoms with van der Waals surface area (Å²) < 4.78 is 5.91. The number of nitrogens with zero attached hydrogens (tertiary/aromatic N) is 1. The third-order valence-corrected chi connectivity index (χ3v) is 4.28. The van der Waals surface area contributed by atoms with Gasteiger partial charge in [-0.2, -0.15) is 0 Å². The fourth-order valence-electron chi connectivity index (χ4n) is 2.61. The van der Waals surface area contributed by atoms with Gasteiger partial charge >= 0.3 is 0 Å². The first-order valence-electron chi connectivity index (χ1n) is 6.43. The third kappa shape index (κ3) is 1.91. The summed E-state index contributed by atoms with van der Waals surface area (Å²) in [6.45, 7) is 6.06. The molecule has 1 unspecified atom stereocenters. The Balaban J connectivity index is 2.07. The molecular formula is C14H17ClN2O. The van der Waals surface area contributed by atoms with E-state index >= 15 is 0 Å². The summed E-state index contributed by atoms with van der Waals surface area (Å²) >= 11 is 6.26. The number of fused-ring (bicyclic) bond motifs is 1. The summed E-state index contributed by atoms with van der Waals surface area (Å²) in [5.74, 6) is 1.24. The van der Waals surface area contributed by atoms with Gasteiger partial charge in [0, 0.05) is 17.5 Å². The number of halogens is 1. The Hall–Kier alpha value is -1.06. The van der Waals surface area contributed by atoms with E-state index in [1.54, 1.807) is 0 Å². The Morgan fingerprint density at radius 1 is 1.44 bits per heavy atom. The van der Waals surface area contributed by atoms with E-state index in [0.29, 0.717) is 5.92 Å². The van der Waals surface area contributed by atoms with Crippen molar-refractivity contribution in [2.75, 3.05) is 13.1 Å². The largest absolute Gasteiger partial charge is 0.440 e. The Bertz CT molecular complexity index is 585. The van der Waals surface area contributed by atoms with Gasteiger partial charge in [0.25, 0.3) is 0 Å². The molecule has 0 amide bonds. The molecule has 18 heavy (non-hydrogen) atoms. The number of piperidine rings is 1. The number of aryl methyl sites for hydroxylation is 2. The average Bonchev–Trinajstić information content (AvgIpc) is 2.81. The third-order valence-electron chi connectivity index (χ3n) is 3.69. The van der Waals surface area contributed by atoms with Gasteiger partial charge in [0.2, 0.25) is 0 Å². The summed E-state index contributed by atoms with van der Waals surface area (Å²) in [7, 11) is 0. The molecule has 2 aromatic rings. The molecule has 0 bridgehead atoms. The number of hydrogen-bond donors (Lipinski definition) is 1. The monoisotopic (exact) mass is 264 g/mol. The summed E-state index contributed by atoms with van der Waals surface area (Å²) in [4.78, 5) is 4.65. The van der Waals surface area contributed by atoms with Crippen LogP contribution in [0.1, 0.15) is 35.8 Å². The van der Waals surface area contributed by atoms with Crippen molar-refractivity contribution in [3.05, 3.63) is 28.1 Å². The molecule has 1 aromatic carbocycles. The van der Waals surface area contributed by atoms with E-state index in [-0.39, 0.29) is 0 Å². The zero-order valence-electron chi connectivity index (χ0n) is 10.7. The molecule has 1 aliphatic rings. The molecule has 3 rings (SSSR count). The highest BCUT2D eigenvalue weighted by atomic mass is 35.5. The fraction of sp³-hybridized carbons (Fsp3) is 0.500. The van der Waals surface area contributed by atoms with Crippen molar-refractivity contribution in [1.29, 1.82) is 0 Å². The van der Waals surface area contributed by atoms with Crippen molar-refractivity contribution < 1.29 is 4.42 Å². The van der Waals surface area contributed by atoms with Crippen LogP contribution in [-0.2, 0) is 0 Å². The van der Waals surface area contributed by atoms with Gasteiger partial charge in [0.05, 0.1) is 0 Å². The van der Waals surface area contributed by atoms with Gasteiger partial charge in [0.1, 0.15) is 5.52 Å². The molecule has 0 aliphatic carbocycles.